The maximum Gasteiger partial charge on any atom is 0.416 e. The summed E-state index contributed by atoms with van der Waals surface area (Å²) in [5.41, 5.74) is -0.502. The van der Waals surface area contributed by atoms with E-state index < -0.39 is 41.3 Å². The number of carbonyl (C=O) groups is 3. The average Bonchev–Trinajstić information content (AvgIpc) is 2.87. The number of likely N-dealkylation sites (tertiary alicyclic amines) is 1. The van der Waals surface area contributed by atoms with Gasteiger partial charge in [0.05, 0.1) is 12.2 Å². The van der Waals surface area contributed by atoms with Crippen molar-refractivity contribution in [2.45, 2.75) is 25.1 Å². The maximum atomic E-state index is 13.2. The minimum Gasteiger partial charge on any atom is -0.383 e. The number of alkyl halides is 3. The Hall–Kier alpha value is -3.47. The second-order valence-corrected chi connectivity index (χ2v) is 8.45. The monoisotopic (exact) mass is 509 g/mol. The Labute approximate surface area is 205 Å². The van der Waals surface area contributed by atoms with E-state index in [9.17, 15) is 31.9 Å². The minimum absolute atomic E-state index is 0.139. The van der Waals surface area contributed by atoms with E-state index in [0.717, 1.165) is 36.4 Å². The lowest BCUT2D eigenvalue weighted by atomic mass is 9.88. The molecular weight excluding hydrogens is 482 g/mol. The molecule has 0 aliphatic carbocycles. The van der Waals surface area contributed by atoms with Gasteiger partial charge >= 0.3 is 6.18 Å². The molecular formula is C25H27F4N3O4. The van der Waals surface area contributed by atoms with Crippen LogP contribution in [0.25, 0.3) is 0 Å². The van der Waals surface area contributed by atoms with Crippen molar-refractivity contribution in [3.8, 4) is 0 Å². The van der Waals surface area contributed by atoms with Gasteiger partial charge in [-0.1, -0.05) is 0 Å². The molecule has 3 amide bonds. The van der Waals surface area contributed by atoms with Crippen LogP contribution < -0.4 is 10.6 Å². The Morgan fingerprint density at radius 3 is 2.14 bits per heavy atom. The lowest BCUT2D eigenvalue weighted by molar-refractivity contribution is -0.137. The molecule has 1 heterocycles. The van der Waals surface area contributed by atoms with Crippen molar-refractivity contribution in [1.82, 2.24) is 15.5 Å². The Morgan fingerprint density at radius 2 is 1.58 bits per heavy atom. The molecule has 0 aromatic heterocycles. The highest BCUT2D eigenvalue weighted by Crippen LogP contribution is 2.29. The summed E-state index contributed by atoms with van der Waals surface area (Å²) in [5, 5.41) is 5.43. The molecule has 36 heavy (non-hydrogen) atoms. The van der Waals surface area contributed by atoms with E-state index in [-0.39, 0.29) is 43.3 Å². The second-order valence-electron chi connectivity index (χ2n) is 8.45. The van der Waals surface area contributed by atoms with Gasteiger partial charge in [-0.05, 0) is 67.3 Å². The van der Waals surface area contributed by atoms with Crippen LogP contribution in [0, 0.1) is 11.7 Å². The molecule has 0 bridgehead atoms. The van der Waals surface area contributed by atoms with Crippen LogP contribution in [-0.2, 0) is 15.7 Å². The number of hydrogen-bond donors (Lipinski definition) is 2. The van der Waals surface area contributed by atoms with E-state index in [0.29, 0.717) is 12.8 Å². The lowest BCUT2D eigenvalue weighted by Crippen LogP contribution is -2.54. The molecule has 1 atom stereocenters. The van der Waals surface area contributed by atoms with Crippen LogP contribution in [0.5, 0.6) is 0 Å². The van der Waals surface area contributed by atoms with Crippen molar-refractivity contribution in [1.29, 1.82) is 0 Å². The fourth-order valence-electron chi connectivity index (χ4n) is 4.03. The van der Waals surface area contributed by atoms with Gasteiger partial charge in [0.25, 0.3) is 11.8 Å². The van der Waals surface area contributed by atoms with Gasteiger partial charge in [0.2, 0.25) is 5.91 Å². The number of piperidine rings is 1. The summed E-state index contributed by atoms with van der Waals surface area (Å²) in [7, 11) is 1.49. The van der Waals surface area contributed by atoms with E-state index in [1.807, 2.05) is 0 Å². The molecule has 0 radical (unpaired) electrons. The third-order valence-electron chi connectivity index (χ3n) is 6.04. The highest BCUT2D eigenvalue weighted by Gasteiger charge is 2.35. The molecule has 2 N–H and O–H groups in total. The molecule has 3 rings (SSSR count). The number of nitrogens with zero attached hydrogens (tertiary/aromatic N) is 1. The second kappa shape index (κ2) is 12.0. The van der Waals surface area contributed by atoms with Crippen molar-refractivity contribution in [3.05, 3.63) is 71.0 Å². The zero-order valence-electron chi connectivity index (χ0n) is 19.6. The largest absolute Gasteiger partial charge is 0.416 e. The van der Waals surface area contributed by atoms with Gasteiger partial charge in [-0.3, -0.25) is 14.4 Å². The zero-order valence-corrected chi connectivity index (χ0v) is 19.6. The van der Waals surface area contributed by atoms with Gasteiger partial charge < -0.3 is 20.3 Å². The molecule has 11 heteroatoms. The van der Waals surface area contributed by atoms with Crippen LogP contribution in [0.1, 0.15) is 39.1 Å². The van der Waals surface area contributed by atoms with Crippen molar-refractivity contribution in [2.75, 3.05) is 33.4 Å². The molecule has 1 unspecified atom stereocenters. The molecule has 2 aromatic carbocycles. The molecule has 1 aliphatic heterocycles. The van der Waals surface area contributed by atoms with E-state index >= 15 is 0 Å². The van der Waals surface area contributed by atoms with Crippen LogP contribution >= 0.6 is 0 Å². The highest BCUT2D eigenvalue weighted by molar-refractivity contribution is 5.97. The Kier molecular flexibility index (Phi) is 9.03. The number of rotatable bonds is 8. The maximum absolute atomic E-state index is 13.2. The number of methoxy groups -OCH3 is 1. The first-order chi connectivity index (χ1) is 17.1. The number of hydrogen-bond acceptors (Lipinski definition) is 4. The van der Waals surface area contributed by atoms with Gasteiger partial charge in [0.15, 0.2) is 0 Å². The molecule has 2 aromatic rings. The summed E-state index contributed by atoms with van der Waals surface area (Å²) in [4.78, 5) is 39.9. The van der Waals surface area contributed by atoms with Gasteiger partial charge in [0, 0.05) is 37.9 Å². The molecule has 1 aliphatic rings. The predicted octanol–water partition coefficient (Wildman–Crippen LogP) is 3.26. The van der Waals surface area contributed by atoms with Crippen LogP contribution in [0.3, 0.4) is 0 Å². The van der Waals surface area contributed by atoms with E-state index in [2.05, 4.69) is 10.6 Å². The number of benzene rings is 2. The molecule has 0 saturated carbocycles. The predicted molar refractivity (Wildman–Crippen MR) is 123 cm³/mol. The first kappa shape index (κ1) is 27.1. The van der Waals surface area contributed by atoms with E-state index in [4.69, 9.17) is 4.74 Å². The SMILES string of the molecule is COCCNC(=O)C(NC(=O)c1ccc(F)cc1)C1CCN(C(=O)c2ccc(C(F)(F)F)cc2)CC1. The summed E-state index contributed by atoms with van der Waals surface area (Å²) in [6.45, 7) is 1.05. The zero-order chi connectivity index (χ0) is 26.3. The topological polar surface area (TPSA) is 87.7 Å². The molecule has 194 valence electrons. The average molecular weight is 510 g/mol. The third-order valence-corrected chi connectivity index (χ3v) is 6.04. The number of nitrogens with one attached hydrogen (secondary N) is 2. The van der Waals surface area contributed by atoms with Crippen molar-refractivity contribution in [2.24, 2.45) is 5.92 Å². The fourth-order valence-corrected chi connectivity index (χ4v) is 4.03. The fraction of sp³-hybridized carbons (Fsp3) is 0.400. The van der Waals surface area contributed by atoms with Gasteiger partial charge in [-0.15, -0.1) is 0 Å². The quantitative estimate of drug-likeness (QED) is 0.423. The van der Waals surface area contributed by atoms with Crippen molar-refractivity contribution < 1.29 is 36.7 Å². The number of carbonyl (C=O) groups excluding carboxylic acids is 3. The first-order valence-corrected chi connectivity index (χ1v) is 11.4. The van der Waals surface area contributed by atoms with Crippen LogP contribution in [0.4, 0.5) is 17.6 Å². The Bertz CT molecular complexity index is 1050. The standard InChI is InChI=1S/C25H27F4N3O4/c1-36-15-12-30-23(34)21(31-22(33)17-4-8-20(26)9-5-17)16-10-13-32(14-11-16)24(35)18-2-6-19(7-3-18)25(27,28)29/h2-9,16,21H,10-15H2,1H3,(H,30,34)(H,31,33). The molecule has 1 fully saturated rings. The van der Waals surface area contributed by atoms with E-state index in [1.54, 1.807) is 0 Å². The summed E-state index contributed by atoms with van der Waals surface area (Å²) in [5.74, 6) is -2.14. The number of ether oxygens (including phenoxy) is 1. The normalized spacial score (nSPS) is 15.3. The third kappa shape index (κ3) is 7.03. The van der Waals surface area contributed by atoms with Crippen molar-refractivity contribution in [3.63, 3.8) is 0 Å². The smallest absolute Gasteiger partial charge is 0.383 e. The molecule has 7 nitrogen and oxygen atoms in total. The summed E-state index contributed by atoms with van der Waals surface area (Å²) >= 11 is 0. The Morgan fingerprint density at radius 1 is 1.00 bits per heavy atom. The summed E-state index contributed by atoms with van der Waals surface area (Å²) in [6.07, 6.45) is -3.71. The van der Waals surface area contributed by atoms with Crippen LogP contribution in [0.15, 0.2) is 48.5 Å². The molecule has 0 spiro atoms. The number of amides is 3. The van der Waals surface area contributed by atoms with Crippen LogP contribution in [0.2, 0.25) is 0 Å². The number of halogens is 4. The first-order valence-electron chi connectivity index (χ1n) is 11.4. The summed E-state index contributed by atoms with van der Waals surface area (Å²) in [6, 6.07) is 8.05. The molecule has 1 saturated heterocycles. The van der Waals surface area contributed by atoms with Gasteiger partial charge in [0.1, 0.15) is 11.9 Å². The van der Waals surface area contributed by atoms with Gasteiger partial charge in [-0.2, -0.15) is 13.2 Å². The Balaban J connectivity index is 1.66. The van der Waals surface area contributed by atoms with Crippen LogP contribution in [-0.4, -0.2) is 62.0 Å². The summed E-state index contributed by atoms with van der Waals surface area (Å²) < 4.78 is 56.5. The highest BCUT2D eigenvalue weighted by atomic mass is 19.4. The van der Waals surface area contributed by atoms with Gasteiger partial charge in [-0.25, -0.2) is 4.39 Å². The lowest BCUT2D eigenvalue weighted by Gasteiger charge is -2.36. The minimum atomic E-state index is -4.49. The van der Waals surface area contributed by atoms with Crippen molar-refractivity contribution >= 4 is 17.7 Å². The van der Waals surface area contributed by atoms with E-state index in [1.165, 1.54) is 24.1 Å².